The van der Waals surface area contributed by atoms with Crippen molar-refractivity contribution in [2.24, 2.45) is 7.05 Å². The molecule has 0 bridgehead atoms. The molecule has 1 aliphatic carbocycles. The van der Waals surface area contributed by atoms with E-state index < -0.39 is 0 Å². The normalized spacial score (nSPS) is 18.1. The topological polar surface area (TPSA) is 71.8 Å². The molecule has 6 heteroatoms. The van der Waals surface area contributed by atoms with Crippen molar-refractivity contribution in [2.75, 3.05) is 0 Å². The second kappa shape index (κ2) is 5.55. The molecule has 0 aliphatic heterocycles. The van der Waals surface area contributed by atoms with Crippen molar-refractivity contribution < 1.29 is 4.79 Å². The Labute approximate surface area is 123 Å². The summed E-state index contributed by atoms with van der Waals surface area (Å²) in [6, 6.07) is 7.99. The number of carbonyl (C=O) groups excluding carboxylic acids is 1. The smallest absolute Gasteiger partial charge is 0.315 e. The molecule has 0 saturated heterocycles. The molecule has 6 nitrogen and oxygen atoms in total. The van der Waals surface area contributed by atoms with E-state index in [-0.39, 0.29) is 18.1 Å². The Balaban J connectivity index is 1.62. The van der Waals surface area contributed by atoms with Crippen LogP contribution in [0.2, 0.25) is 0 Å². The molecule has 3 rings (SSSR count). The van der Waals surface area contributed by atoms with Crippen molar-refractivity contribution in [1.29, 1.82) is 0 Å². The lowest BCUT2D eigenvalue weighted by Gasteiger charge is -2.18. The van der Waals surface area contributed by atoms with Gasteiger partial charge in [-0.05, 0) is 30.9 Å². The monoisotopic (exact) mass is 285 g/mol. The molecule has 2 aromatic rings. The van der Waals surface area contributed by atoms with E-state index in [2.05, 4.69) is 33.0 Å². The number of rotatable bonds is 3. The summed E-state index contributed by atoms with van der Waals surface area (Å²) in [5.74, 6) is 0.733. The van der Waals surface area contributed by atoms with E-state index in [0.717, 1.165) is 18.7 Å². The van der Waals surface area contributed by atoms with E-state index in [4.69, 9.17) is 0 Å². The average molecular weight is 285 g/mol. The van der Waals surface area contributed by atoms with Crippen molar-refractivity contribution in [3.05, 3.63) is 47.5 Å². The number of nitrogens with one attached hydrogen (secondary N) is 2. The minimum absolute atomic E-state index is 0.0906. The Hall–Kier alpha value is -2.37. The van der Waals surface area contributed by atoms with Crippen molar-refractivity contribution in [2.45, 2.75) is 31.8 Å². The first kappa shape index (κ1) is 13.6. The highest BCUT2D eigenvalue weighted by Crippen LogP contribution is 2.30. The molecule has 1 aromatic heterocycles. The maximum absolute atomic E-state index is 12.1. The number of amides is 2. The Morgan fingerprint density at radius 3 is 3.00 bits per heavy atom. The van der Waals surface area contributed by atoms with Gasteiger partial charge in [-0.2, -0.15) is 0 Å². The number of fused-ring (bicyclic) bond motifs is 1. The zero-order valence-electron chi connectivity index (χ0n) is 12.2. The van der Waals surface area contributed by atoms with Crippen molar-refractivity contribution in [1.82, 2.24) is 25.4 Å². The Kier molecular flexibility index (Phi) is 3.60. The second-order valence-corrected chi connectivity index (χ2v) is 5.43. The van der Waals surface area contributed by atoms with Gasteiger partial charge in [0.15, 0.2) is 5.82 Å². The fraction of sp³-hybridized carbons (Fsp3) is 0.400. The Bertz CT molecular complexity index is 651. The van der Waals surface area contributed by atoms with Crippen molar-refractivity contribution in [3.63, 3.8) is 0 Å². The SMILES string of the molecule is C[C@H](NC(=O)N[C@@H]1CCc2ccccc21)c1nncn1C. The maximum atomic E-state index is 12.1. The summed E-state index contributed by atoms with van der Waals surface area (Å²) in [6.45, 7) is 1.90. The van der Waals surface area contributed by atoms with Gasteiger partial charge in [-0.25, -0.2) is 4.79 Å². The van der Waals surface area contributed by atoms with Crippen LogP contribution >= 0.6 is 0 Å². The van der Waals surface area contributed by atoms with Gasteiger partial charge >= 0.3 is 6.03 Å². The van der Waals surface area contributed by atoms with E-state index in [0.29, 0.717) is 0 Å². The minimum atomic E-state index is -0.186. The molecule has 2 atom stereocenters. The van der Waals surface area contributed by atoms with Crippen LogP contribution in [0.3, 0.4) is 0 Å². The molecule has 2 amide bonds. The molecule has 1 heterocycles. The quantitative estimate of drug-likeness (QED) is 0.904. The lowest BCUT2D eigenvalue weighted by Crippen LogP contribution is -2.39. The Morgan fingerprint density at radius 1 is 1.43 bits per heavy atom. The van der Waals surface area contributed by atoms with Gasteiger partial charge in [-0.15, -0.1) is 10.2 Å². The van der Waals surface area contributed by atoms with Gasteiger partial charge in [0.2, 0.25) is 0 Å². The van der Waals surface area contributed by atoms with E-state index in [1.54, 1.807) is 10.9 Å². The first-order valence-corrected chi connectivity index (χ1v) is 7.14. The largest absolute Gasteiger partial charge is 0.331 e. The second-order valence-electron chi connectivity index (χ2n) is 5.43. The van der Waals surface area contributed by atoms with Crippen LogP contribution < -0.4 is 10.6 Å². The first-order chi connectivity index (χ1) is 10.1. The minimum Gasteiger partial charge on any atom is -0.331 e. The number of hydrogen-bond donors (Lipinski definition) is 2. The first-order valence-electron chi connectivity index (χ1n) is 7.14. The van der Waals surface area contributed by atoms with Gasteiger partial charge in [-0.1, -0.05) is 24.3 Å². The lowest BCUT2D eigenvalue weighted by molar-refractivity contribution is 0.233. The molecule has 0 unspecified atom stereocenters. The van der Waals surface area contributed by atoms with Crippen LogP contribution in [0.5, 0.6) is 0 Å². The van der Waals surface area contributed by atoms with Gasteiger partial charge in [-0.3, -0.25) is 0 Å². The summed E-state index contributed by atoms with van der Waals surface area (Å²) in [5.41, 5.74) is 2.54. The summed E-state index contributed by atoms with van der Waals surface area (Å²) in [6.07, 6.45) is 3.59. The highest BCUT2D eigenvalue weighted by Gasteiger charge is 2.24. The van der Waals surface area contributed by atoms with E-state index in [1.807, 2.05) is 26.1 Å². The van der Waals surface area contributed by atoms with Crippen LogP contribution in [0.25, 0.3) is 0 Å². The fourth-order valence-electron chi connectivity index (χ4n) is 2.85. The molecule has 21 heavy (non-hydrogen) atoms. The number of urea groups is 1. The van der Waals surface area contributed by atoms with E-state index in [9.17, 15) is 4.79 Å². The molecule has 110 valence electrons. The molecule has 0 fully saturated rings. The zero-order chi connectivity index (χ0) is 14.8. The van der Waals surface area contributed by atoms with Crippen molar-refractivity contribution in [3.8, 4) is 0 Å². The fourth-order valence-corrected chi connectivity index (χ4v) is 2.85. The highest BCUT2D eigenvalue weighted by molar-refractivity contribution is 5.75. The van der Waals surface area contributed by atoms with Gasteiger partial charge in [0.1, 0.15) is 6.33 Å². The van der Waals surface area contributed by atoms with Crippen LogP contribution in [-0.4, -0.2) is 20.8 Å². The van der Waals surface area contributed by atoms with Crippen LogP contribution in [0.1, 0.15) is 42.4 Å². The van der Waals surface area contributed by atoms with Crippen LogP contribution in [0.4, 0.5) is 4.79 Å². The predicted molar refractivity (Wildman–Crippen MR) is 78.6 cm³/mol. The standard InChI is InChI=1S/C15H19N5O/c1-10(14-19-16-9-20(14)2)17-15(21)18-13-8-7-11-5-3-4-6-12(11)13/h3-6,9-10,13H,7-8H2,1-2H3,(H2,17,18,21)/t10-,13+/m0/s1. The van der Waals surface area contributed by atoms with Crippen LogP contribution in [0, 0.1) is 0 Å². The number of nitrogens with zero attached hydrogens (tertiary/aromatic N) is 3. The maximum Gasteiger partial charge on any atom is 0.315 e. The Morgan fingerprint density at radius 2 is 2.24 bits per heavy atom. The summed E-state index contributed by atoms with van der Waals surface area (Å²) < 4.78 is 1.80. The average Bonchev–Trinajstić information content (AvgIpc) is 3.06. The summed E-state index contributed by atoms with van der Waals surface area (Å²) in [5, 5.41) is 13.8. The van der Waals surface area contributed by atoms with Gasteiger partial charge in [0.05, 0.1) is 12.1 Å². The third-order valence-electron chi connectivity index (χ3n) is 3.92. The number of aryl methyl sites for hydroxylation is 2. The number of carbonyl (C=O) groups is 1. The summed E-state index contributed by atoms with van der Waals surface area (Å²) in [7, 11) is 1.86. The predicted octanol–water partition coefficient (Wildman–Crippen LogP) is 1.86. The molecular formula is C15H19N5O. The molecule has 1 aliphatic rings. The molecular weight excluding hydrogens is 266 g/mol. The van der Waals surface area contributed by atoms with E-state index in [1.165, 1.54) is 11.1 Å². The van der Waals surface area contributed by atoms with Crippen molar-refractivity contribution >= 4 is 6.03 Å². The molecule has 0 saturated carbocycles. The third kappa shape index (κ3) is 2.74. The number of benzene rings is 1. The van der Waals surface area contributed by atoms with E-state index >= 15 is 0 Å². The van der Waals surface area contributed by atoms with Gasteiger partial charge in [0, 0.05) is 7.05 Å². The van der Waals surface area contributed by atoms with Gasteiger partial charge < -0.3 is 15.2 Å². The third-order valence-corrected chi connectivity index (χ3v) is 3.92. The molecule has 1 aromatic carbocycles. The summed E-state index contributed by atoms with van der Waals surface area (Å²) in [4.78, 5) is 12.1. The van der Waals surface area contributed by atoms with Crippen LogP contribution in [0.15, 0.2) is 30.6 Å². The number of hydrogen-bond acceptors (Lipinski definition) is 3. The van der Waals surface area contributed by atoms with Gasteiger partial charge in [0.25, 0.3) is 0 Å². The molecule has 0 radical (unpaired) electrons. The zero-order valence-corrected chi connectivity index (χ0v) is 12.2. The molecule has 0 spiro atoms. The highest BCUT2D eigenvalue weighted by atomic mass is 16.2. The lowest BCUT2D eigenvalue weighted by atomic mass is 10.1. The number of aromatic nitrogens is 3. The summed E-state index contributed by atoms with van der Waals surface area (Å²) >= 11 is 0. The molecule has 2 N–H and O–H groups in total. The van der Waals surface area contributed by atoms with Crippen LogP contribution in [-0.2, 0) is 13.5 Å².